The number of nitrogens with zero attached hydrogens (tertiary/aromatic N) is 3. The third-order valence-electron chi connectivity index (χ3n) is 7.39. The number of nitrogens with one attached hydrogen (secondary N) is 1. The molecule has 232 valence electrons. The zero-order valence-electron chi connectivity index (χ0n) is 23.1. The highest BCUT2D eigenvalue weighted by atomic mass is 32.2. The second-order valence-corrected chi connectivity index (χ2v) is 11.5. The summed E-state index contributed by atoms with van der Waals surface area (Å²) in [5.41, 5.74) is 0.520. The van der Waals surface area contributed by atoms with Crippen LogP contribution in [-0.4, -0.2) is 24.9 Å². The van der Waals surface area contributed by atoms with Crippen molar-refractivity contribution in [3.05, 3.63) is 100 Å². The summed E-state index contributed by atoms with van der Waals surface area (Å²) >= 11 is 0. The number of aromatic nitrogens is 3. The van der Waals surface area contributed by atoms with Crippen LogP contribution in [0, 0.1) is 17.5 Å². The van der Waals surface area contributed by atoms with Crippen molar-refractivity contribution in [2.24, 2.45) is 5.14 Å². The summed E-state index contributed by atoms with van der Waals surface area (Å²) in [7, 11) is -2.16. The van der Waals surface area contributed by atoms with Gasteiger partial charge in [0.15, 0.2) is 5.69 Å². The van der Waals surface area contributed by atoms with Crippen molar-refractivity contribution in [1.29, 1.82) is 0 Å². The van der Waals surface area contributed by atoms with Crippen LogP contribution in [0.3, 0.4) is 0 Å². The Morgan fingerprint density at radius 1 is 1.02 bits per heavy atom. The lowest BCUT2D eigenvalue weighted by molar-refractivity contribution is -0.142. The molecule has 1 aliphatic rings. The maximum absolute atomic E-state index is 14.3. The van der Waals surface area contributed by atoms with Gasteiger partial charge in [0.1, 0.15) is 35.0 Å². The number of rotatable bonds is 8. The predicted octanol–water partition coefficient (Wildman–Crippen LogP) is 5.73. The van der Waals surface area contributed by atoms with E-state index in [1.54, 1.807) is 12.1 Å². The molecule has 7 nitrogen and oxygen atoms in total. The fourth-order valence-corrected chi connectivity index (χ4v) is 6.03. The van der Waals surface area contributed by atoms with Crippen molar-refractivity contribution in [1.82, 2.24) is 20.1 Å². The highest BCUT2D eigenvalue weighted by molar-refractivity contribution is 7.82. The molecule has 5 rings (SSSR count). The van der Waals surface area contributed by atoms with Crippen LogP contribution >= 0.6 is 0 Å². The van der Waals surface area contributed by atoms with Gasteiger partial charge in [-0.25, -0.2) is 22.5 Å². The summed E-state index contributed by atoms with van der Waals surface area (Å²) in [4.78, 5) is 17.6. The second kappa shape index (κ2) is 12.9. The molecule has 4 aromatic rings. The van der Waals surface area contributed by atoms with Gasteiger partial charge < -0.3 is 5.32 Å². The van der Waals surface area contributed by atoms with Crippen LogP contribution in [0.5, 0.6) is 0 Å². The Hall–Kier alpha value is -4.04. The van der Waals surface area contributed by atoms with E-state index >= 15 is 0 Å². The van der Waals surface area contributed by atoms with Crippen molar-refractivity contribution in [3.8, 4) is 11.1 Å². The van der Waals surface area contributed by atoms with E-state index in [2.05, 4.69) is 15.4 Å². The van der Waals surface area contributed by atoms with Gasteiger partial charge in [0, 0.05) is 29.1 Å². The number of alkyl halides is 3. The van der Waals surface area contributed by atoms with E-state index in [1.165, 1.54) is 18.3 Å². The van der Waals surface area contributed by atoms with Crippen LogP contribution in [0.1, 0.15) is 53.5 Å². The molecule has 0 aliphatic heterocycles. The molecule has 1 amide bonds. The number of carbonyl (C=O) groups excluding carboxylic acids is 1. The quantitative estimate of drug-likeness (QED) is 0.191. The van der Waals surface area contributed by atoms with Gasteiger partial charge >= 0.3 is 6.18 Å². The lowest BCUT2D eigenvalue weighted by atomic mass is 9.95. The van der Waals surface area contributed by atoms with Gasteiger partial charge in [-0.1, -0.05) is 18.6 Å². The molecule has 1 unspecified atom stereocenters. The van der Waals surface area contributed by atoms with E-state index in [0.717, 1.165) is 29.3 Å². The molecular formula is C30H27F6N5O2S. The summed E-state index contributed by atoms with van der Waals surface area (Å²) in [6.45, 7) is -0.540. The molecule has 0 fully saturated rings. The number of carbonyl (C=O) groups is 1. The minimum Gasteiger partial charge on any atom is -0.346 e. The first kappa shape index (κ1) is 31.4. The monoisotopic (exact) mass is 635 g/mol. The Morgan fingerprint density at radius 3 is 2.45 bits per heavy atom. The van der Waals surface area contributed by atoms with E-state index in [4.69, 9.17) is 5.14 Å². The van der Waals surface area contributed by atoms with E-state index in [1.807, 2.05) is 0 Å². The number of amides is 1. The van der Waals surface area contributed by atoms with Crippen LogP contribution in [0.4, 0.5) is 26.3 Å². The Kier molecular flexibility index (Phi) is 9.20. The van der Waals surface area contributed by atoms with E-state index in [0.29, 0.717) is 42.1 Å². The van der Waals surface area contributed by atoms with Gasteiger partial charge in [0.2, 0.25) is 5.91 Å². The number of pyridine rings is 1. The van der Waals surface area contributed by atoms with Gasteiger partial charge in [-0.3, -0.25) is 14.5 Å². The molecule has 0 saturated heterocycles. The van der Waals surface area contributed by atoms with Crippen molar-refractivity contribution < 1.29 is 35.3 Å². The molecule has 2 aromatic heterocycles. The molecule has 1 aliphatic carbocycles. The Morgan fingerprint density at radius 2 is 1.75 bits per heavy atom. The van der Waals surface area contributed by atoms with Gasteiger partial charge in [-0.15, -0.1) is 0 Å². The summed E-state index contributed by atoms with van der Waals surface area (Å²) in [6.07, 6.45) is -0.937. The number of nitrogens with two attached hydrogens (primary N) is 1. The van der Waals surface area contributed by atoms with Crippen LogP contribution in [-0.2, 0) is 47.8 Å². The molecule has 0 saturated carbocycles. The SMILES string of the molecule is NS(=O)c1cc(-c2cccnc2[C@H](Cc2cc(F)cc(F)c2)NC(=O)Cn2nc(C(F)(F)F)c3c2CCCCC3)ccc1F. The van der Waals surface area contributed by atoms with Gasteiger partial charge in [-0.2, -0.15) is 18.3 Å². The normalized spacial score (nSPS) is 14.9. The van der Waals surface area contributed by atoms with E-state index in [9.17, 15) is 35.3 Å². The lowest BCUT2D eigenvalue weighted by Crippen LogP contribution is -2.34. The number of benzene rings is 2. The van der Waals surface area contributed by atoms with Crippen molar-refractivity contribution >= 4 is 16.9 Å². The van der Waals surface area contributed by atoms with Crippen LogP contribution in [0.2, 0.25) is 0 Å². The molecule has 2 heterocycles. The van der Waals surface area contributed by atoms with Crippen molar-refractivity contribution in [2.75, 3.05) is 0 Å². The van der Waals surface area contributed by atoms with Crippen LogP contribution in [0.15, 0.2) is 59.6 Å². The van der Waals surface area contributed by atoms with Crippen molar-refractivity contribution in [2.45, 2.75) is 62.2 Å². The molecule has 0 spiro atoms. The molecule has 44 heavy (non-hydrogen) atoms. The Balaban J connectivity index is 1.53. The standard InChI is InChI=1S/C30H27F6N5O2S/c31-19-11-17(12-20(32)15-19)13-24(28-21(6-4-10-38-28)18-8-9-23(33)26(14-18)44(37)43)39-27(42)16-41-25-7-3-1-2-5-22(25)29(40-41)30(34,35)36/h4,6,8-12,14-15,24H,1-3,5,7,13,16,37H2,(H,39,42)/t24-,44?/m0/s1. The highest BCUT2D eigenvalue weighted by Gasteiger charge is 2.39. The molecule has 0 radical (unpaired) electrons. The average Bonchev–Trinajstić information content (AvgIpc) is 3.12. The Bertz CT molecular complexity index is 1700. The fraction of sp³-hybridized carbons (Fsp3) is 0.300. The molecule has 14 heteroatoms. The smallest absolute Gasteiger partial charge is 0.346 e. The molecule has 3 N–H and O–H groups in total. The largest absolute Gasteiger partial charge is 0.435 e. The van der Waals surface area contributed by atoms with Gasteiger partial charge in [0.25, 0.3) is 0 Å². The van der Waals surface area contributed by atoms with E-state index < -0.39 is 58.8 Å². The maximum Gasteiger partial charge on any atom is 0.435 e. The minimum atomic E-state index is -4.69. The third-order valence-corrected chi connectivity index (χ3v) is 8.14. The first-order valence-electron chi connectivity index (χ1n) is 13.7. The van der Waals surface area contributed by atoms with Crippen molar-refractivity contribution in [3.63, 3.8) is 0 Å². The first-order chi connectivity index (χ1) is 20.9. The van der Waals surface area contributed by atoms with E-state index in [-0.39, 0.29) is 34.6 Å². The molecular weight excluding hydrogens is 608 g/mol. The number of halogens is 6. The number of hydrogen-bond donors (Lipinski definition) is 2. The number of hydrogen-bond acceptors (Lipinski definition) is 4. The minimum absolute atomic E-state index is 0.0889. The highest BCUT2D eigenvalue weighted by Crippen LogP contribution is 2.36. The van der Waals surface area contributed by atoms with Crippen LogP contribution in [0.25, 0.3) is 11.1 Å². The fourth-order valence-electron chi connectivity index (χ4n) is 5.53. The van der Waals surface area contributed by atoms with Gasteiger partial charge in [-0.05, 0) is 73.6 Å². The lowest BCUT2D eigenvalue weighted by Gasteiger charge is -2.22. The molecule has 2 aromatic carbocycles. The summed E-state index contributed by atoms with van der Waals surface area (Å²) in [5, 5.41) is 11.9. The zero-order valence-corrected chi connectivity index (χ0v) is 24.0. The molecule has 0 bridgehead atoms. The second-order valence-electron chi connectivity index (χ2n) is 10.5. The first-order valence-corrected chi connectivity index (χ1v) is 14.9. The summed E-state index contributed by atoms with van der Waals surface area (Å²) in [5.74, 6) is -3.20. The maximum atomic E-state index is 14.3. The molecule has 2 atom stereocenters. The zero-order chi connectivity index (χ0) is 31.6. The summed E-state index contributed by atoms with van der Waals surface area (Å²) < 4.78 is 96.9. The topological polar surface area (TPSA) is 103 Å². The van der Waals surface area contributed by atoms with Crippen LogP contribution < -0.4 is 10.5 Å². The third kappa shape index (κ3) is 7.02. The predicted molar refractivity (Wildman–Crippen MR) is 150 cm³/mol. The van der Waals surface area contributed by atoms with Gasteiger partial charge in [0.05, 0.1) is 16.6 Å². The summed E-state index contributed by atoms with van der Waals surface area (Å²) in [6, 6.07) is 8.72. The average molecular weight is 636 g/mol. The number of fused-ring (bicyclic) bond motifs is 1. The Labute approximate surface area is 251 Å².